The Morgan fingerprint density at radius 1 is 1.00 bits per heavy atom. The van der Waals surface area contributed by atoms with E-state index in [4.69, 9.17) is 5.11 Å². The zero-order valence-electron chi connectivity index (χ0n) is 10.1. The van der Waals surface area contributed by atoms with Gasteiger partial charge < -0.3 is 10.4 Å². The van der Waals surface area contributed by atoms with Gasteiger partial charge in [0.05, 0.1) is 5.52 Å². The van der Waals surface area contributed by atoms with Crippen LogP contribution in [-0.4, -0.2) is 15.8 Å². The summed E-state index contributed by atoms with van der Waals surface area (Å²) < 4.78 is 1.21. The molecule has 0 radical (unpaired) electrons. The summed E-state index contributed by atoms with van der Waals surface area (Å²) in [6, 6.07) is 17.2. The van der Waals surface area contributed by atoms with E-state index >= 15 is 0 Å². The van der Waals surface area contributed by atoms with Crippen molar-refractivity contribution in [2.45, 2.75) is 0 Å². The van der Waals surface area contributed by atoms with Gasteiger partial charge in [-0.25, -0.2) is 4.79 Å². The molecule has 19 heavy (non-hydrogen) atoms. The fraction of sp³-hybridized carbons (Fsp3) is 0. The Kier molecular flexibility index (Phi) is 2.68. The van der Waals surface area contributed by atoms with E-state index in [0.29, 0.717) is 5.52 Å². The third kappa shape index (κ3) is 2.15. The van der Waals surface area contributed by atoms with Crippen LogP contribution in [0.5, 0.6) is 0 Å². The highest BCUT2D eigenvalue weighted by Gasteiger charge is 2.07. The van der Waals surface area contributed by atoms with E-state index in [1.165, 1.54) is 4.57 Å². The number of nitrogens with zero attached hydrogens (tertiary/aromatic N) is 1. The second-order valence-corrected chi connectivity index (χ2v) is 4.23. The zero-order valence-corrected chi connectivity index (χ0v) is 10.1. The fourth-order valence-corrected chi connectivity index (χ4v) is 2.06. The highest BCUT2D eigenvalue weighted by atomic mass is 16.4. The van der Waals surface area contributed by atoms with Crippen LogP contribution in [-0.2, 0) is 0 Å². The van der Waals surface area contributed by atoms with Crippen LogP contribution in [0.4, 0.5) is 16.2 Å². The number of benzene rings is 2. The molecule has 0 spiro atoms. The molecule has 4 heteroatoms. The lowest BCUT2D eigenvalue weighted by Gasteiger charge is -2.07. The summed E-state index contributed by atoms with van der Waals surface area (Å²) in [4.78, 5) is 11.1. The van der Waals surface area contributed by atoms with E-state index < -0.39 is 6.09 Å². The van der Waals surface area contributed by atoms with Gasteiger partial charge in [-0.3, -0.25) is 4.57 Å². The molecule has 0 aliphatic rings. The minimum atomic E-state index is -0.980. The van der Waals surface area contributed by atoms with Crippen molar-refractivity contribution in [2.75, 3.05) is 5.32 Å². The summed E-state index contributed by atoms with van der Waals surface area (Å²) >= 11 is 0. The summed E-state index contributed by atoms with van der Waals surface area (Å²) in [7, 11) is 0. The molecule has 3 rings (SSSR count). The summed E-state index contributed by atoms with van der Waals surface area (Å²) in [5.41, 5.74) is 2.50. The normalized spacial score (nSPS) is 10.5. The molecule has 2 N–H and O–H groups in total. The molecule has 94 valence electrons. The van der Waals surface area contributed by atoms with E-state index in [-0.39, 0.29) is 0 Å². The number of fused-ring (bicyclic) bond motifs is 1. The number of rotatable bonds is 2. The van der Waals surface area contributed by atoms with E-state index in [1.54, 1.807) is 12.3 Å². The van der Waals surface area contributed by atoms with Crippen molar-refractivity contribution in [2.24, 2.45) is 0 Å². The maximum Gasteiger partial charge on any atom is 0.416 e. The van der Waals surface area contributed by atoms with Crippen molar-refractivity contribution < 1.29 is 9.90 Å². The quantitative estimate of drug-likeness (QED) is 0.727. The van der Waals surface area contributed by atoms with Crippen LogP contribution >= 0.6 is 0 Å². The number of hydrogen-bond donors (Lipinski definition) is 2. The first-order valence-corrected chi connectivity index (χ1v) is 5.90. The van der Waals surface area contributed by atoms with Crippen LogP contribution in [0.15, 0.2) is 60.8 Å². The smallest absolute Gasteiger partial charge is 0.416 e. The van der Waals surface area contributed by atoms with Crippen molar-refractivity contribution in [1.29, 1.82) is 0 Å². The van der Waals surface area contributed by atoms with Gasteiger partial charge >= 0.3 is 6.09 Å². The Morgan fingerprint density at radius 3 is 2.53 bits per heavy atom. The standard InChI is InChI=1S/C15H12N2O2/c18-15(19)17-9-8-11-6-7-13(10-14(11)17)16-12-4-2-1-3-5-12/h1-10,16H,(H,18,19). The maximum atomic E-state index is 11.1. The van der Waals surface area contributed by atoms with Crippen molar-refractivity contribution in [1.82, 2.24) is 4.57 Å². The molecule has 0 bridgehead atoms. The van der Waals surface area contributed by atoms with E-state index in [0.717, 1.165) is 16.8 Å². The maximum absolute atomic E-state index is 11.1. The zero-order chi connectivity index (χ0) is 13.2. The van der Waals surface area contributed by atoms with Gasteiger partial charge in [-0.05, 0) is 30.3 Å². The first kappa shape index (κ1) is 11.3. The van der Waals surface area contributed by atoms with E-state index in [9.17, 15) is 4.79 Å². The van der Waals surface area contributed by atoms with E-state index in [2.05, 4.69) is 5.32 Å². The molecule has 2 aromatic carbocycles. The number of nitrogens with one attached hydrogen (secondary N) is 1. The fourth-order valence-electron chi connectivity index (χ4n) is 2.06. The molecule has 0 aliphatic heterocycles. The van der Waals surface area contributed by atoms with Crippen molar-refractivity contribution >= 4 is 28.4 Å². The number of carbonyl (C=O) groups is 1. The van der Waals surface area contributed by atoms with Gasteiger partial charge in [0.25, 0.3) is 0 Å². The summed E-state index contributed by atoms with van der Waals surface area (Å²) in [5.74, 6) is 0. The second kappa shape index (κ2) is 4.49. The molecule has 0 aliphatic carbocycles. The van der Waals surface area contributed by atoms with Gasteiger partial charge in [0.1, 0.15) is 0 Å². The highest BCUT2D eigenvalue weighted by molar-refractivity contribution is 5.91. The average Bonchev–Trinajstić information content (AvgIpc) is 2.83. The molecule has 0 amide bonds. The van der Waals surface area contributed by atoms with Crippen LogP contribution < -0.4 is 5.32 Å². The Bertz CT molecular complexity index is 732. The molecule has 3 aromatic rings. The molecular formula is C15H12N2O2. The lowest BCUT2D eigenvalue weighted by Crippen LogP contribution is -2.05. The van der Waals surface area contributed by atoms with Gasteiger partial charge in [-0.15, -0.1) is 0 Å². The van der Waals surface area contributed by atoms with Gasteiger partial charge in [0.15, 0.2) is 0 Å². The van der Waals surface area contributed by atoms with Crippen LogP contribution in [0.25, 0.3) is 10.9 Å². The lowest BCUT2D eigenvalue weighted by atomic mass is 10.2. The SMILES string of the molecule is O=C(O)n1ccc2ccc(Nc3ccccc3)cc21. The predicted octanol–water partition coefficient (Wildman–Crippen LogP) is 3.91. The van der Waals surface area contributed by atoms with Crippen LogP contribution in [0.1, 0.15) is 0 Å². The molecular weight excluding hydrogens is 240 g/mol. The molecule has 4 nitrogen and oxygen atoms in total. The number of anilines is 2. The molecule has 0 saturated carbocycles. The third-order valence-corrected chi connectivity index (χ3v) is 2.96. The molecule has 0 saturated heterocycles. The summed E-state index contributed by atoms with van der Waals surface area (Å²) in [6.07, 6.45) is 0.575. The Morgan fingerprint density at radius 2 is 1.79 bits per heavy atom. The van der Waals surface area contributed by atoms with Crippen LogP contribution in [0.2, 0.25) is 0 Å². The largest absolute Gasteiger partial charge is 0.464 e. The predicted molar refractivity (Wildman–Crippen MR) is 75.1 cm³/mol. The number of carboxylic acid groups (broad SMARTS) is 1. The summed E-state index contributed by atoms with van der Waals surface area (Å²) in [6.45, 7) is 0. The van der Waals surface area contributed by atoms with Crippen LogP contribution in [0, 0.1) is 0 Å². The average molecular weight is 252 g/mol. The molecule has 1 aromatic heterocycles. The first-order valence-electron chi connectivity index (χ1n) is 5.90. The molecule has 0 unspecified atom stereocenters. The minimum Gasteiger partial charge on any atom is -0.464 e. The van der Waals surface area contributed by atoms with Gasteiger partial charge in [0.2, 0.25) is 0 Å². The lowest BCUT2D eigenvalue weighted by molar-refractivity contribution is 0.197. The minimum absolute atomic E-state index is 0.674. The Balaban J connectivity index is 2.01. The number of hydrogen-bond acceptors (Lipinski definition) is 2. The topological polar surface area (TPSA) is 54.3 Å². The van der Waals surface area contributed by atoms with Crippen molar-refractivity contribution in [3.8, 4) is 0 Å². The molecule has 1 heterocycles. The summed E-state index contributed by atoms with van der Waals surface area (Å²) in [5, 5.41) is 13.2. The van der Waals surface area contributed by atoms with E-state index in [1.807, 2.05) is 48.5 Å². The second-order valence-electron chi connectivity index (χ2n) is 4.23. The van der Waals surface area contributed by atoms with Gasteiger partial charge in [-0.2, -0.15) is 0 Å². The number of para-hydroxylation sites is 1. The van der Waals surface area contributed by atoms with Gasteiger partial charge in [-0.1, -0.05) is 24.3 Å². The van der Waals surface area contributed by atoms with Gasteiger partial charge in [0, 0.05) is 23.0 Å². The Labute approximate surface area is 109 Å². The molecule has 0 atom stereocenters. The highest BCUT2D eigenvalue weighted by Crippen LogP contribution is 2.23. The van der Waals surface area contributed by atoms with Crippen molar-refractivity contribution in [3.05, 3.63) is 60.8 Å². The van der Waals surface area contributed by atoms with Crippen molar-refractivity contribution in [3.63, 3.8) is 0 Å². The molecule has 0 fully saturated rings. The third-order valence-electron chi connectivity index (χ3n) is 2.96. The number of aromatic nitrogens is 1. The monoisotopic (exact) mass is 252 g/mol. The van der Waals surface area contributed by atoms with Crippen LogP contribution in [0.3, 0.4) is 0 Å². The first-order chi connectivity index (χ1) is 9.24. The Hall–Kier alpha value is -2.75.